The Labute approximate surface area is 118 Å². The van der Waals surface area contributed by atoms with Crippen LogP contribution < -0.4 is 0 Å². The average Bonchev–Trinajstić information content (AvgIpc) is 2.84. The second-order valence-electron chi connectivity index (χ2n) is 5.85. The Bertz CT molecular complexity index is 424. The molecule has 3 heterocycles. The Kier molecular flexibility index (Phi) is 3.09. The van der Waals surface area contributed by atoms with Crippen LogP contribution in [0.1, 0.15) is 32.1 Å². The maximum atomic E-state index is 6.22. The molecule has 7 heteroatoms. The first kappa shape index (κ1) is 13.1. The SMILES string of the molecule is CP1(=S)OC[C@H]2O[C@@H]3OC4(CCCCC4)O[C@@H]3[C@H]2O1. The molecule has 1 aliphatic carbocycles. The van der Waals surface area contributed by atoms with Gasteiger partial charge in [-0.1, -0.05) is 6.42 Å². The normalized spacial score (nSPS) is 52.1. The molecular weight excluding hydrogens is 287 g/mol. The lowest BCUT2D eigenvalue weighted by Gasteiger charge is -2.37. The number of rotatable bonds is 0. The predicted molar refractivity (Wildman–Crippen MR) is 71.5 cm³/mol. The van der Waals surface area contributed by atoms with E-state index in [-0.39, 0.29) is 24.6 Å². The van der Waals surface area contributed by atoms with Gasteiger partial charge in [-0.2, -0.15) is 0 Å². The molecule has 5 atom stereocenters. The Morgan fingerprint density at radius 3 is 2.68 bits per heavy atom. The van der Waals surface area contributed by atoms with Gasteiger partial charge in [0.2, 0.25) is 0 Å². The van der Waals surface area contributed by atoms with Crippen molar-refractivity contribution < 1.29 is 23.3 Å². The molecule has 3 saturated heterocycles. The van der Waals surface area contributed by atoms with Gasteiger partial charge in [-0.15, -0.1) is 0 Å². The molecule has 0 aromatic rings. The summed E-state index contributed by atoms with van der Waals surface area (Å²) in [5.74, 6) is -0.434. The van der Waals surface area contributed by atoms with Gasteiger partial charge in [0.05, 0.1) is 6.61 Å². The fourth-order valence-corrected chi connectivity index (χ4v) is 5.10. The third-order valence-corrected chi connectivity index (χ3v) is 6.17. The molecule has 0 aromatic carbocycles. The minimum atomic E-state index is -2.14. The maximum absolute atomic E-state index is 6.22. The van der Waals surface area contributed by atoms with E-state index in [2.05, 4.69) is 0 Å². The number of hydrogen-bond donors (Lipinski definition) is 0. The molecule has 4 aliphatic rings. The highest BCUT2D eigenvalue weighted by Gasteiger charge is 2.60. The third-order valence-electron chi connectivity index (χ3n) is 4.35. The van der Waals surface area contributed by atoms with Gasteiger partial charge >= 0.3 is 0 Å². The van der Waals surface area contributed by atoms with Crippen molar-refractivity contribution in [2.45, 2.75) is 62.5 Å². The highest BCUT2D eigenvalue weighted by Crippen LogP contribution is 2.55. The van der Waals surface area contributed by atoms with Crippen LogP contribution in [0.25, 0.3) is 0 Å². The van der Waals surface area contributed by atoms with E-state index in [1.165, 1.54) is 6.42 Å². The van der Waals surface area contributed by atoms with Crippen LogP contribution in [-0.2, 0) is 35.1 Å². The van der Waals surface area contributed by atoms with Crippen LogP contribution in [0.15, 0.2) is 0 Å². The third kappa shape index (κ3) is 2.22. The zero-order valence-electron chi connectivity index (χ0n) is 10.9. The van der Waals surface area contributed by atoms with Gasteiger partial charge in [0, 0.05) is 19.5 Å². The first-order valence-electron chi connectivity index (χ1n) is 6.99. The minimum absolute atomic E-state index is 0.105. The van der Waals surface area contributed by atoms with Gasteiger partial charge in [0.25, 0.3) is 0 Å². The van der Waals surface area contributed by atoms with Crippen LogP contribution in [0.3, 0.4) is 0 Å². The van der Waals surface area contributed by atoms with Crippen molar-refractivity contribution in [3.05, 3.63) is 0 Å². The average molecular weight is 306 g/mol. The van der Waals surface area contributed by atoms with Gasteiger partial charge in [-0.05, 0) is 24.6 Å². The molecule has 0 radical (unpaired) electrons. The first-order valence-corrected chi connectivity index (χ1v) is 10.1. The van der Waals surface area contributed by atoms with Crippen molar-refractivity contribution in [3.63, 3.8) is 0 Å². The zero-order valence-corrected chi connectivity index (χ0v) is 12.7. The summed E-state index contributed by atoms with van der Waals surface area (Å²) >= 11 is 5.34. The quantitative estimate of drug-likeness (QED) is 0.639. The minimum Gasteiger partial charge on any atom is -0.341 e. The fourth-order valence-electron chi connectivity index (χ4n) is 3.45. The van der Waals surface area contributed by atoms with Gasteiger partial charge in [-0.25, -0.2) is 0 Å². The molecule has 0 bridgehead atoms. The van der Waals surface area contributed by atoms with Crippen LogP contribution in [-0.4, -0.2) is 43.7 Å². The van der Waals surface area contributed by atoms with E-state index < -0.39 is 12.3 Å². The standard InChI is InChI=1S/C12H19O5PS/c1-18(19)13-7-8-9(17-18)10-11(14-8)16-12(15-10)5-3-2-4-6-12/h8-11H,2-7H2,1H3/t8-,9+,10-,11-,18?/m1/s1. The van der Waals surface area contributed by atoms with Crippen molar-refractivity contribution in [1.82, 2.24) is 0 Å². The highest BCUT2D eigenvalue weighted by atomic mass is 32.5. The van der Waals surface area contributed by atoms with E-state index in [1.807, 2.05) is 6.66 Å². The zero-order chi connectivity index (χ0) is 13.1. The van der Waals surface area contributed by atoms with Crippen LogP contribution in [0, 0.1) is 0 Å². The molecule has 5 nitrogen and oxygen atoms in total. The van der Waals surface area contributed by atoms with Crippen LogP contribution >= 0.6 is 6.49 Å². The van der Waals surface area contributed by atoms with Gasteiger partial charge < -0.3 is 23.3 Å². The molecule has 3 aliphatic heterocycles. The van der Waals surface area contributed by atoms with Crippen molar-refractivity contribution in [3.8, 4) is 0 Å². The molecule has 1 unspecified atom stereocenters. The van der Waals surface area contributed by atoms with Crippen molar-refractivity contribution in [1.29, 1.82) is 0 Å². The van der Waals surface area contributed by atoms with Crippen molar-refractivity contribution >= 4 is 18.3 Å². The van der Waals surface area contributed by atoms with E-state index in [1.54, 1.807) is 0 Å². The molecule has 4 fully saturated rings. The molecular formula is C12H19O5PS. The fraction of sp³-hybridized carbons (Fsp3) is 1.00. The Morgan fingerprint density at radius 2 is 1.89 bits per heavy atom. The summed E-state index contributed by atoms with van der Waals surface area (Å²) in [5, 5.41) is 0. The van der Waals surface area contributed by atoms with Crippen molar-refractivity contribution in [2.24, 2.45) is 0 Å². The van der Waals surface area contributed by atoms with Gasteiger partial charge in [0.15, 0.2) is 18.6 Å². The maximum Gasteiger partial charge on any atom is 0.190 e. The molecule has 0 aromatic heterocycles. The van der Waals surface area contributed by atoms with E-state index in [0.29, 0.717) is 6.61 Å². The summed E-state index contributed by atoms with van der Waals surface area (Å²) < 4.78 is 29.6. The van der Waals surface area contributed by atoms with E-state index in [0.717, 1.165) is 25.7 Å². The molecule has 108 valence electrons. The summed E-state index contributed by atoms with van der Waals surface area (Å²) in [6.45, 7) is 0.211. The Hall–Kier alpha value is 0.450. The molecule has 1 spiro atoms. The van der Waals surface area contributed by atoms with Crippen LogP contribution in [0.2, 0.25) is 0 Å². The lowest BCUT2D eigenvalue weighted by molar-refractivity contribution is -0.248. The number of ether oxygens (including phenoxy) is 3. The number of hydrogen-bond acceptors (Lipinski definition) is 6. The smallest absolute Gasteiger partial charge is 0.190 e. The van der Waals surface area contributed by atoms with Gasteiger partial charge in [-0.3, -0.25) is 0 Å². The number of fused-ring (bicyclic) bond motifs is 3. The predicted octanol–water partition coefficient (Wildman–Crippen LogP) is 2.14. The summed E-state index contributed by atoms with van der Waals surface area (Å²) in [5.41, 5.74) is 0. The monoisotopic (exact) mass is 306 g/mol. The molecule has 4 rings (SSSR count). The van der Waals surface area contributed by atoms with Crippen molar-refractivity contribution in [2.75, 3.05) is 13.3 Å². The van der Waals surface area contributed by atoms with E-state index in [4.69, 9.17) is 35.1 Å². The van der Waals surface area contributed by atoms with E-state index in [9.17, 15) is 0 Å². The highest BCUT2D eigenvalue weighted by molar-refractivity contribution is 8.09. The molecule has 19 heavy (non-hydrogen) atoms. The summed E-state index contributed by atoms with van der Waals surface area (Å²) in [6, 6.07) is 0. The summed E-state index contributed by atoms with van der Waals surface area (Å²) in [6.07, 6.45) is 4.79. The Balaban J connectivity index is 1.53. The Morgan fingerprint density at radius 1 is 1.11 bits per heavy atom. The second-order valence-corrected chi connectivity index (χ2v) is 9.85. The summed E-state index contributed by atoms with van der Waals surface area (Å²) in [7, 11) is 0. The summed E-state index contributed by atoms with van der Waals surface area (Å²) in [4.78, 5) is 0. The topological polar surface area (TPSA) is 46.2 Å². The lowest BCUT2D eigenvalue weighted by Crippen LogP contribution is -2.42. The molecule has 0 N–H and O–H groups in total. The molecule has 1 saturated carbocycles. The van der Waals surface area contributed by atoms with Crippen LogP contribution in [0.5, 0.6) is 0 Å². The van der Waals surface area contributed by atoms with Crippen LogP contribution in [0.4, 0.5) is 0 Å². The van der Waals surface area contributed by atoms with E-state index >= 15 is 0 Å². The second kappa shape index (κ2) is 4.47. The first-order chi connectivity index (χ1) is 9.07. The van der Waals surface area contributed by atoms with Gasteiger partial charge in [0.1, 0.15) is 18.3 Å². The lowest BCUT2D eigenvalue weighted by atomic mass is 9.94. The largest absolute Gasteiger partial charge is 0.341 e. The molecule has 0 amide bonds.